The van der Waals surface area contributed by atoms with Gasteiger partial charge in [-0.15, -0.1) is 0 Å². The van der Waals surface area contributed by atoms with Crippen molar-refractivity contribution in [3.63, 3.8) is 0 Å². The summed E-state index contributed by atoms with van der Waals surface area (Å²) in [4.78, 5) is 0. The molecule has 16 heavy (non-hydrogen) atoms. The minimum absolute atomic E-state index is 0.422. The molecular formula is C12H17AsO3. The summed E-state index contributed by atoms with van der Waals surface area (Å²) in [5, 5.41) is 9.85. The minimum atomic E-state index is -4.12. The topological polar surface area (TPSA) is 57.5 Å². The zero-order valence-electron chi connectivity index (χ0n) is 9.12. The summed E-state index contributed by atoms with van der Waals surface area (Å²) in [6, 6.07) is 8.77. The molecule has 3 nitrogen and oxygen atoms in total. The molecule has 0 saturated heterocycles. The Kier molecular flexibility index (Phi) is 3.58. The van der Waals surface area contributed by atoms with Gasteiger partial charge in [0.15, 0.2) is 0 Å². The number of hydrogen-bond acceptors (Lipinski definition) is 2. The van der Waals surface area contributed by atoms with Crippen LogP contribution in [-0.2, 0) is 3.74 Å². The van der Waals surface area contributed by atoms with Crippen LogP contribution in [0.5, 0.6) is 0 Å². The average Bonchev–Trinajstić information content (AvgIpc) is 2.30. The van der Waals surface area contributed by atoms with Crippen LogP contribution in [0, 0.1) is 0 Å². The second-order valence-corrected chi connectivity index (χ2v) is 9.47. The molecular weight excluding hydrogens is 267 g/mol. The van der Waals surface area contributed by atoms with Crippen LogP contribution in [0.25, 0.3) is 0 Å². The van der Waals surface area contributed by atoms with Crippen molar-refractivity contribution in [2.45, 2.75) is 36.5 Å². The molecule has 4 heteroatoms. The molecule has 1 aromatic carbocycles. The van der Waals surface area contributed by atoms with Crippen LogP contribution in [0.2, 0.25) is 4.71 Å². The van der Waals surface area contributed by atoms with Crippen molar-refractivity contribution in [2.24, 2.45) is 0 Å². The van der Waals surface area contributed by atoms with E-state index >= 15 is 0 Å². The summed E-state index contributed by atoms with van der Waals surface area (Å²) in [5.41, 5.74) is 0. The Morgan fingerprint density at radius 2 is 1.75 bits per heavy atom. The summed E-state index contributed by atoms with van der Waals surface area (Å²) in [6.07, 6.45) is 2.62. The van der Waals surface area contributed by atoms with Crippen LogP contribution in [0.15, 0.2) is 30.3 Å². The number of aliphatic hydroxyl groups excluding tert-OH is 1. The number of rotatable bonds is 2. The van der Waals surface area contributed by atoms with Gasteiger partial charge < -0.3 is 0 Å². The Morgan fingerprint density at radius 1 is 1.12 bits per heavy atom. The average molecular weight is 284 g/mol. The van der Waals surface area contributed by atoms with Gasteiger partial charge in [-0.25, -0.2) is 0 Å². The fraction of sp³-hybridized carbons (Fsp3) is 0.500. The summed E-state index contributed by atoms with van der Waals surface area (Å²) < 4.78 is 22.8. The van der Waals surface area contributed by atoms with Crippen molar-refractivity contribution in [2.75, 3.05) is 0 Å². The van der Waals surface area contributed by atoms with Crippen LogP contribution < -0.4 is 4.35 Å². The first kappa shape index (κ1) is 12.0. The molecule has 0 radical (unpaired) electrons. The molecule has 1 aliphatic carbocycles. The molecule has 3 unspecified atom stereocenters. The van der Waals surface area contributed by atoms with Gasteiger partial charge in [0.05, 0.1) is 0 Å². The number of hydrogen-bond donors (Lipinski definition) is 2. The standard InChI is InChI=1S/C12H17AsO3/c14-12-9-5-4-8-11(12)13(15,16)10-6-2-1-3-7-10/h1-3,6-7,11-12,14H,4-5,8-9H2,(H,15,16). The van der Waals surface area contributed by atoms with E-state index < -0.39 is 24.6 Å². The molecule has 0 aromatic heterocycles. The second-order valence-electron chi connectivity index (χ2n) is 4.38. The molecule has 0 heterocycles. The van der Waals surface area contributed by atoms with Crippen LogP contribution in [0.3, 0.4) is 0 Å². The van der Waals surface area contributed by atoms with Gasteiger partial charge >= 0.3 is 97.9 Å². The first-order valence-electron chi connectivity index (χ1n) is 5.68. The second kappa shape index (κ2) is 4.78. The maximum atomic E-state index is 12.4. The summed E-state index contributed by atoms with van der Waals surface area (Å²) >= 11 is -4.12. The van der Waals surface area contributed by atoms with E-state index in [-0.39, 0.29) is 0 Å². The molecule has 1 aliphatic rings. The third kappa shape index (κ3) is 2.27. The van der Waals surface area contributed by atoms with Crippen molar-refractivity contribution in [1.29, 1.82) is 0 Å². The molecule has 2 N–H and O–H groups in total. The van der Waals surface area contributed by atoms with Gasteiger partial charge in [-0.05, 0) is 0 Å². The van der Waals surface area contributed by atoms with Gasteiger partial charge in [0.2, 0.25) is 0 Å². The molecule has 1 aromatic rings. The Balaban J connectivity index is 2.27. The van der Waals surface area contributed by atoms with Crippen LogP contribution in [-0.4, -0.2) is 29.1 Å². The molecule has 1 saturated carbocycles. The van der Waals surface area contributed by atoms with E-state index in [0.717, 1.165) is 12.8 Å². The van der Waals surface area contributed by atoms with Gasteiger partial charge in [0.1, 0.15) is 0 Å². The number of aliphatic hydroxyl groups is 1. The predicted octanol–water partition coefficient (Wildman–Crippen LogP) is 1.06. The fourth-order valence-corrected chi connectivity index (χ4v) is 6.80. The van der Waals surface area contributed by atoms with E-state index in [1.165, 1.54) is 0 Å². The molecule has 2 rings (SSSR count). The molecule has 0 bridgehead atoms. The molecule has 88 valence electrons. The van der Waals surface area contributed by atoms with E-state index in [2.05, 4.69) is 0 Å². The third-order valence-corrected chi connectivity index (χ3v) is 8.60. The van der Waals surface area contributed by atoms with E-state index in [0.29, 0.717) is 17.2 Å². The quantitative estimate of drug-likeness (QED) is 0.799. The van der Waals surface area contributed by atoms with E-state index in [1.54, 1.807) is 24.3 Å². The van der Waals surface area contributed by atoms with Gasteiger partial charge in [-0.3, -0.25) is 0 Å². The Hall–Kier alpha value is -0.502. The molecule has 0 amide bonds. The van der Waals surface area contributed by atoms with E-state index in [9.17, 15) is 12.9 Å². The van der Waals surface area contributed by atoms with Crippen LogP contribution in [0.1, 0.15) is 25.7 Å². The predicted molar refractivity (Wildman–Crippen MR) is 63.0 cm³/mol. The van der Waals surface area contributed by atoms with E-state index in [4.69, 9.17) is 0 Å². The monoisotopic (exact) mass is 284 g/mol. The van der Waals surface area contributed by atoms with Crippen molar-refractivity contribution in [3.05, 3.63) is 30.3 Å². The van der Waals surface area contributed by atoms with Crippen molar-refractivity contribution in [1.82, 2.24) is 0 Å². The van der Waals surface area contributed by atoms with Gasteiger partial charge in [-0.1, -0.05) is 0 Å². The SMILES string of the molecule is O=[As](O)(c1ccccc1)C1CCCCC1O. The van der Waals surface area contributed by atoms with Crippen LogP contribution >= 0.6 is 0 Å². The number of benzene rings is 1. The maximum absolute atomic E-state index is 12.4. The molecule has 3 atom stereocenters. The molecule has 1 fully saturated rings. The van der Waals surface area contributed by atoms with Crippen molar-refractivity contribution >= 4 is 18.2 Å². The first-order valence-corrected chi connectivity index (χ1v) is 9.31. The van der Waals surface area contributed by atoms with Gasteiger partial charge in [0.25, 0.3) is 0 Å². The van der Waals surface area contributed by atoms with Gasteiger partial charge in [0, 0.05) is 0 Å². The molecule has 0 aliphatic heterocycles. The van der Waals surface area contributed by atoms with Crippen molar-refractivity contribution < 1.29 is 12.9 Å². The Labute approximate surface area is 98.1 Å². The summed E-state index contributed by atoms with van der Waals surface area (Å²) in [6.45, 7) is 0. The summed E-state index contributed by atoms with van der Waals surface area (Å²) in [7, 11) is 0. The normalized spacial score (nSPS) is 29.6. The fourth-order valence-electron chi connectivity index (χ4n) is 2.33. The van der Waals surface area contributed by atoms with E-state index in [1.807, 2.05) is 6.07 Å². The Bertz CT molecular complexity index is 391. The molecule has 0 spiro atoms. The zero-order chi connectivity index (χ0) is 11.6. The van der Waals surface area contributed by atoms with Crippen molar-refractivity contribution in [3.8, 4) is 0 Å². The first-order chi connectivity index (χ1) is 7.62. The van der Waals surface area contributed by atoms with Crippen LogP contribution in [0.4, 0.5) is 0 Å². The Morgan fingerprint density at radius 3 is 2.38 bits per heavy atom. The van der Waals surface area contributed by atoms with Gasteiger partial charge in [-0.2, -0.15) is 0 Å². The zero-order valence-corrected chi connectivity index (χ0v) is 11.0. The third-order valence-electron chi connectivity index (χ3n) is 3.27. The summed E-state index contributed by atoms with van der Waals surface area (Å²) in [5.74, 6) is 0.